The summed E-state index contributed by atoms with van der Waals surface area (Å²) in [7, 11) is 0. The van der Waals surface area contributed by atoms with Gasteiger partial charge in [-0.2, -0.15) is 0 Å². The zero-order valence-electron chi connectivity index (χ0n) is 9.21. The largest absolute Gasteiger partial charge is 0.493 e. The van der Waals surface area contributed by atoms with Crippen LogP contribution in [0.15, 0.2) is 39.8 Å². The summed E-state index contributed by atoms with van der Waals surface area (Å²) in [6.45, 7) is 4.43. The van der Waals surface area contributed by atoms with Crippen LogP contribution in [0.2, 0.25) is 0 Å². The first-order chi connectivity index (χ1) is 8.08. The average molecular weight is 363 g/mol. The zero-order valence-corrected chi connectivity index (χ0v) is 12.4. The van der Waals surface area contributed by atoms with Crippen LogP contribution in [0.3, 0.4) is 0 Å². The van der Waals surface area contributed by atoms with Crippen molar-refractivity contribution in [3.63, 3.8) is 0 Å². The number of ether oxygens (including phenoxy) is 1. The van der Waals surface area contributed by atoms with E-state index in [2.05, 4.69) is 43.8 Å². The standard InChI is InChI=1S/C12H13Br2NO2/c1-9(13)8-15-12(16)6-7-17-11-4-2-10(14)3-5-11/h2-5H,1,6-8H2,(H,15,16). The number of hydrogen-bond acceptors (Lipinski definition) is 2. The van der Waals surface area contributed by atoms with E-state index < -0.39 is 0 Å². The van der Waals surface area contributed by atoms with Gasteiger partial charge in [-0.15, -0.1) is 0 Å². The average Bonchev–Trinajstić information content (AvgIpc) is 2.29. The minimum absolute atomic E-state index is 0.0530. The molecule has 0 fully saturated rings. The molecule has 17 heavy (non-hydrogen) atoms. The molecule has 0 unspecified atom stereocenters. The molecule has 0 aromatic heterocycles. The van der Waals surface area contributed by atoms with Crippen molar-refractivity contribution in [2.75, 3.05) is 13.2 Å². The van der Waals surface area contributed by atoms with Gasteiger partial charge in [-0.1, -0.05) is 38.4 Å². The Balaban J connectivity index is 2.21. The van der Waals surface area contributed by atoms with Gasteiger partial charge in [0, 0.05) is 15.5 Å². The summed E-state index contributed by atoms with van der Waals surface area (Å²) in [5.41, 5.74) is 0. The van der Waals surface area contributed by atoms with E-state index in [1.54, 1.807) is 0 Å². The highest BCUT2D eigenvalue weighted by atomic mass is 79.9. The molecule has 1 amide bonds. The van der Waals surface area contributed by atoms with Crippen molar-refractivity contribution in [2.24, 2.45) is 0 Å². The Bertz CT molecular complexity index is 390. The van der Waals surface area contributed by atoms with E-state index in [-0.39, 0.29) is 5.91 Å². The highest BCUT2D eigenvalue weighted by Gasteiger charge is 2.01. The lowest BCUT2D eigenvalue weighted by Crippen LogP contribution is -2.25. The Hall–Kier alpha value is -0.810. The van der Waals surface area contributed by atoms with E-state index in [0.717, 1.165) is 14.7 Å². The lowest BCUT2D eigenvalue weighted by molar-refractivity contribution is -0.121. The van der Waals surface area contributed by atoms with Crippen molar-refractivity contribution in [2.45, 2.75) is 6.42 Å². The molecule has 0 aliphatic carbocycles. The van der Waals surface area contributed by atoms with E-state index >= 15 is 0 Å². The molecule has 0 aliphatic rings. The molecular weight excluding hydrogens is 350 g/mol. The number of carbonyl (C=O) groups is 1. The molecule has 1 aromatic carbocycles. The van der Waals surface area contributed by atoms with Crippen molar-refractivity contribution in [1.29, 1.82) is 0 Å². The molecule has 0 heterocycles. The van der Waals surface area contributed by atoms with Gasteiger partial charge >= 0.3 is 0 Å². The normalized spacial score (nSPS) is 9.76. The Morgan fingerprint density at radius 2 is 2.00 bits per heavy atom. The van der Waals surface area contributed by atoms with Gasteiger partial charge in [-0.05, 0) is 24.3 Å². The number of benzene rings is 1. The molecular formula is C12H13Br2NO2. The molecule has 0 aliphatic heterocycles. The molecule has 3 nitrogen and oxygen atoms in total. The Morgan fingerprint density at radius 3 is 2.59 bits per heavy atom. The molecule has 1 rings (SSSR count). The van der Waals surface area contributed by atoms with Crippen molar-refractivity contribution >= 4 is 37.8 Å². The second-order valence-corrected chi connectivity index (χ2v) is 5.38. The van der Waals surface area contributed by atoms with Crippen LogP contribution in [0, 0.1) is 0 Å². The van der Waals surface area contributed by atoms with E-state index in [1.807, 2.05) is 24.3 Å². The van der Waals surface area contributed by atoms with Crippen LogP contribution < -0.4 is 10.1 Å². The topological polar surface area (TPSA) is 38.3 Å². The predicted octanol–water partition coefficient (Wildman–Crippen LogP) is 3.24. The molecule has 0 radical (unpaired) electrons. The first-order valence-electron chi connectivity index (χ1n) is 5.06. The lowest BCUT2D eigenvalue weighted by atomic mass is 10.3. The van der Waals surface area contributed by atoms with Crippen molar-refractivity contribution in [3.05, 3.63) is 39.8 Å². The summed E-state index contributed by atoms with van der Waals surface area (Å²) in [4.78, 5) is 11.3. The van der Waals surface area contributed by atoms with Gasteiger partial charge in [-0.3, -0.25) is 4.79 Å². The molecule has 0 bridgehead atoms. The molecule has 1 N–H and O–H groups in total. The van der Waals surface area contributed by atoms with Crippen LogP contribution >= 0.6 is 31.9 Å². The van der Waals surface area contributed by atoms with Crippen molar-refractivity contribution < 1.29 is 9.53 Å². The minimum atomic E-state index is -0.0530. The Labute approximate surface area is 117 Å². The number of rotatable bonds is 6. The van der Waals surface area contributed by atoms with Gasteiger partial charge in [0.1, 0.15) is 5.75 Å². The number of nitrogens with one attached hydrogen (secondary N) is 1. The third kappa shape index (κ3) is 6.48. The smallest absolute Gasteiger partial charge is 0.223 e. The van der Waals surface area contributed by atoms with E-state index in [4.69, 9.17) is 4.74 Å². The highest BCUT2D eigenvalue weighted by molar-refractivity contribution is 9.11. The molecule has 1 aromatic rings. The van der Waals surface area contributed by atoms with Crippen LogP contribution in [0.4, 0.5) is 0 Å². The number of hydrogen-bond donors (Lipinski definition) is 1. The number of halogens is 2. The fourth-order valence-electron chi connectivity index (χ4n) is 1.08. The van der Waals surface area contributed by atoms with Gasteiger partial charge in [-0.25, -0.2) is 0 Å². The third-order valence-corrected chi connectivity index (χ3v) is 2.70. The first-order valence-corrected chi connectivity index (χ1v) is 6.65. The maximum atomic E-state index is 11.3. The van der Waals surface area contributed by atoms with E-state index in [0.29, 0.717) is 19.6 Å². The maximum Gasteiger partial charge on any atom is 0.223 e. The minimum Gasteiger partial charge on any atom is -0.493 e. The summed E-state index contributed by atoms with van der Waals surface area (Å²) in [5.74, 6) is 0.702. The Morgan fingerprint density at radius 1 is 1.35 bits per heavy atom. The molecule has 0 spiro atoms. The second kappa shape index (κ2) is 7.50. The van der Waals surface area contributed by atoms with Gasteiger partial charge in [0.2, 0.25) is 5.91 Å². The highest BCUT2D eigenvalue weighted by Crippen LogP contribution is 2.16. The van der Waals surface area contributed by atoms with Gasteiger partial charge in [0.05, 0.1) is 13.0 Å². The summed E-state index contributed by atoms with van der Waals surface area (Å²) in [6, 6.07) is 7.49. The summed E-state index contributed by atoms with van der Waals surface area (Å²) >= 11 is 6.51. The predicted molar refractivity (Wildman–Crippen MR) is 75.3 cm³/mol. The summed E-state index contributed by atoms with van der Waals surface area (Å²) < 4.78 is 7.17. The Kier molecular flexibility index (Phi) is 6.29. The number of carbonyl (C=O) groups excluding carboxylic acids is 1. The van der Waals surface area contributed by atoms with Crippen LogP contribution in [0.1, 0.15) is 6.42 Å². The van der Waals surface area contributed by atoms with Crippen LogP contribution in [-0.4, -0.2) is 19.1 Å². The monoisotopic (exact) mass is 361 g/mol. The molecule has 92 valence electrons. The quantitative estimate of drug-likeness (QED) is 0.843. The van der Waals surface area contributed by atoms with Gasteiger partial charge < -0.3 is 10.1 Å². The van der Waals surface area contributed by atoms with E-state index in [1.165, 1.54) is 0 Å². The molecule has 5 heteroatoms. The van der Waals surface area contributed by atoms with Crippen molar-refractivity contribution in [1.82, 2.24) is 5.32 Å². The van der Waals surface area contributed by atoms with Gasteiger partial charge in [0.25, 0.3) is 0 Å². The molecule has 0 saturated carbocycles. The van der Waals surface area contributed by atoms with Crippen LogP contribution in [-0.2, 0) is 4.79 Å². The number of amides is 1. The van der Waals surface area contributed by atoms with E-state index in [9.17, 15) is 4.79 Å². The third-order valence-electron chi connectivity index (χ3n) is 1.89. The zero-order chi connectivity index (χ0) is 12.7. The fourth-order valence-corrected chi connectivity index (χ4v) is 1.48. The second-order valence-electron chi connectivity index (χ2n) is 3.35. The summed E-state index contributed by atoms with van der Waals surface area (Å²) in [5, 5.41) is 2.70. The first kappa shape index (κ1) is 14.3. The molecule has 0 saturated heterocycles. The fraction of sp³-hybridized carbons (Fsp3) is 0.250. The molecule has 0 atom stereocenters. The SMILES string of the molecule is C=C(Br)CNC(=O)CCOc1ccc(Br)cc1. The van der Waals surface area contributed by atoms with Crippen molar-refractivity contribution in [3.8, 4) is 5.75 Å². The van der Waals surface area contributed by atoms with Gasteiger partial charge in [0.15, 0.2) is 0 Å². The summed E-state index contributed by atoms with van der Waals surface area (Å²) in [6.07, 6.45) is 0.330. The van der Waals surface area contributed by atoms with Crippen LogP contribution in [0.5, 0.6) is 5.75 Å². The lowest BCUT2D eigenvalue weighted by Gasteiger charge is -2.06. The maximum absolute atomic E-state index is 11.3. The van der Waals surface area contributed by atoms with Crippen LogP contribution in [0.25, 0.3) is 0 Å².